The van der Waals surface area contributed by atoms with E-state index in [0.717, 1.165) is 0 Å². The molecule has 0 radical (unpaired) electrons. The molecule has 0 fully saturated rings. The van der Waals surface area contributed by atoms with Crippen molar-refractivity contribution in [2.24, 2.45) is 0 Å². The summed E-state index contributed by atoms with van der Waals surface area (Å²) in [5.41, 5.74) is 6.33. The zero-order valence-electron chi connectivity index (χ0n) is 11.1. The first kappa shape index (κ1) is 15.3. The minimum absolute atomic E-state index is 0.407. The molecule has 0 saturated carbocycles. The molecule has 0 unspecified atom stereocenters. The van der Waals surface area contributed by atoms with Gasteiger partial charge in [0.25, 0.3) is 0 Å². The van der Waals surface area contributed by atoms with Gasteiger partial charge in [-0.1, -0.05) is 29.3 Å². The number of hydrogen-bond donors (Lipinski definition) is 3. The first-order chi connectivity index (χ1) is 10.1. The number of hydrogen-bond acceptors (Lipinski definition) is 3. The summed E-state index contributed by atoms with van der Waals surface area (Å²) in [6.07, 6.45) is 0. The molecule has 2 amide bonds. The Bertz CT molecular complexity index is 650. The number of anilines is 2. The Balaban J connectivity index is 1.92. The lowest BCUT2D eigenvalue weighted by Crippen LogP contribution is -2.33. The predicted octanol–water partition coefficient (Wildman–Crippen LogP) is 4.15. The molecule has 21 heavy (non-hydrogen) atoms. The molecule has 3 N–H and O–H groups in total. The van der Waals surface area contributed by atoms with Crippen molar-refractivity contribution in [1.29, 1.82) is 0 Å². The molecule has 0 heterocycles. The topological polar surface area (TPSA) is 62.4 Å². The van der Waals surface area contributed by atoms with Crippen LogP contribution in [0.1, 0.15) is 0 Å². The Hall–Kier alpha value is -2.11. The van der Waals surface area contributed by atoms with Crippen molar-refractivity contribution in [2.75, 3.05) is 17.9 Å². The number of hydrazine groups is 1. The summed E-state index contributed by atoms with van der Waals surface area (Å²) >= 11 is 11.8. The third-order valence-electron chi connectivity index (χ3n) is 2.57. The molecule has 0 aromatic heterocycles. The number of halogens is 2. The van der Waals surface area contributed by atoms with Gasteiger partial charge in [0.2, 0.25) is 0 Å². The van der Waals surface area contributed by atoms with Gasteiger partial charge >= 0.3 is 6.03 Å². The van der Waals surface area contributed by atoms with Gasteiger partial charge in [-0.15, -0.1) is 0 Å². The summed E-state index contributed by atoms with van der Waals surface area (Å²) in [4.78, 5) is 11.8. The van der Waals surface area contributed by atoms with Crippen LogP contribution >= 0.6 is 23.2 Å². The van der Waals surface area contributed by atoms with Crippen LogP contribution in [0.5, 0.6) is 5.75 Å². The summed E-state index contributed by atoms with van der Waals surface area (Å²) in [5, 5.41) is 3.58. The van der Waals surface area contributed by atoms with Crippen LogP contribution in [-0.4, -0.2) is 13.1 Å². The van der Waals surface area contributed by atoms with Gasteiger partial charge in [-0.25, -0.2) is 4.79 Å². The van der Waals surface area contributed by atoms with E-state index >= 15 is 0 Å². The minimum Gasteiger partial charge on any atom is -0.497 e. The number of carbonyl (C=O) groups is 1. The summed E-state index contributed by atoms with van der Waals surface area (Å²) < 4.78 is 5.08. The van der Waals surface area contributed by atoms with Gasteiger partial charge in [0.1, 0.15) is 5.75 Å². The van der Waals surface area contributed by atoms with Crippen molar-refractivity contribution < 1.29 is 9.53 Å². The molecule has 7 heteroatoms. The highest BCUT2D eigenvalue weighted by molar-refractivity contribution is 6.36. The highest BCUT2D eigenvalue weighted by Gasteiger charge is 2.04. The zero-order valence-corrected chi connectivity index (χ0v) is 12.6. The van der Waals surface area contributed by atoms with Crippen LogP contribution < -0.4 is 20.9 Å². The van der Waals surface area contributed by atoms with E-state index < -0.39 is 6.03 Å². The lowest BCUT2D eigenvalue weighted by Gasteiger charge is -2.11. The molecule has 0 aliphatic carbocycles. The van der Waals surface area contributed by atoms with E-state index in [1.165, 1.54) is 0 Å². The first-order valence-corrected chi connectivity index (χ1v) is 6.76. The van der Waals surface area contributed by atoms with Crippen molar-refractivity contribution >= 4 is 40.6 Å². The van der Waals surface area contributed by atoms with E-state index in [2.05, 4.69) is 16.2 Å². The molecule has 110 valence electrons. The standard InChI is InChI=1S/C14H13Cl2N3O2/c1-21-11-4-2-3-10(8-11)17-14(20)19-18-13-6-5-9(15)7-12(13)16/h2-8,18H,1H3,(H2,17,19,20). The van der Waals surface area contributed by atoms with Gasteiger partial charge in [-0.2, -0.15) is 0 Å². The Morgan fingerprint density at radius 1 is 1.14 bits per heavy atom. The van der Waals surface area contributed by atoms with Gasteiger partial charge < -0.3 is 10.1 Å². The SMILES string of the molecule is COc1cccc(NC(=O)NNc2ccc(Cl)cc2Cl)c1. The summed E-state index contributed by atoms with van der Waals surface area (Å²) in [6, 6.07) is 11.5. The lowest BCUT2D eigenvalue weighted by atomic mass is 10.3. The van der Waals surface area contributed by atoms with Crippen molar-refractivity contribution in [3.8, 4) is 5.75 Å². The average molecular weight is 326 g/mol. The maximum absolute atomic E-state index is 11.8. The number of amides is 2. The molecule has 2 aromatic carbocycles. The number of urea groups is 1. The molecular formula is C14H13Cl2N3O2. The second-order valence-electron chi connectivity index (χ2n) is 4.06. The van der Waals surface area contributed by atoms with E-state index in [1.54, 1.807) is 49.6 Å². The van der Waals surface area contributed by atoms with Crippen molar-refractivity contribution in [3.05, 3.63) is 52.5 Å². The summed E-state index contributed by atoms with van der Waals surface area (Å²) in [5.74, 6) is 0.654. The van der Waals surface area contributed by atoms with Crippen molar-refractivity contribution in [2.45, 2.75) is 0 Å². The number of benzene rings is 2. The fourth-order valence-corrected chi connectivity index (χ4v) is 2.03. The van der Waals surface area contributed by atoms with Gasteiger partial charge in [-0.05, 0) is 30.3 Å². The first-order valence-electron chi connectivity index (χ1n) is 6.00. The van der Waals surface area contributed by atoms with Crippen LogP contribution in [0.3, 0.4) is 0 Å². The van der Waals surface area contributed by atoms with Crippen LogP contribution in [-0.2, 0) is 0 Å². The fourth-order valence-electron chi connectivity index (χ4n) is 1.58. The average Bonchev–Trinajstić information content (AvgIpc) is 2.46. The summed E-state index contributed by atoms with van der Waals surface area (Å²) in [7, 11) is 1.56. The van der Waals surface area contributed by atoms with Gasteiger partial charge in [0, 0.05) is 16.8 Å². The highest BCUT2D eigenvalue weighted by atomic mass is 35.5. The van der Waals surface area contributed by atoms with Gasteiger partial charge in [0.15, 0.2) is 0 Å². The van der Waals surface area contributed by atoms with Crippen LogP contribution in [0.25, 0.3) is 0 Å². The highest BCUT2D eigenvalue weighted by Crippen LogP contribution is 2.24. The molecule has 0 spiro atoms. The third-order valence-corrected chi connectivity index (χ3v) is 3.12. The maximum Gasteiger partial charge on any atom is 0.337 e. The molecule has 5 nitrogen and oxygen atoms in total. The van der Waals surface area contributed by atoms with E-state index in [0.29, 0.717) is 27.2 Å². The maximum atomic E-state index is 11.8. The lowest BCUT2D eigenvalue weighted by molar-refractivity contribution is 0.254. The Morgan fingerprint density at radius 2 is 1.95 bits per heavy atom. The Kier molecular flexibility index (Phi) is 5.14. The van der Waals surface area contributed by atoms with Gasteiger partial charge in [-0.3, -0.25) is 10.9 Å². The van der Waals surface area contributed by atoms with Crippen LogP contribution in [0, 0.1) is 0 Å². The molecule has 2 rings (SSSR count). The third kappa shape index (κ3) is 4.44. The molecular weight excluding hydrogens is 313 g/mol. The minimum atomic E-state index is -0.436. The second kappa shape index (κ2) is 7.06. The van der Waals surface area contributed by atoms with E-state index in [1.807, 2.05) is 0 Å². The molecule has 0 aliphatic heterocycles. The molecule has 2 aromatic rings. The van der Waals surface area contributed by atoms with Gasteiger partial charge in [0.05, 0.1) is 17.8 Å². The normalized spacial score (nSPS) is 9.86. The van der Waals surface area contributed by atoms with E-state index in [9.17, 15) is 4.79 Å². The monoisotopic (exact) mass is 325 g/mol. The molecule has 0 bridgehead atoms. The predicted molar refractivity (Wildman–Crippen MR) is 85.2 cm³/mol. The smallest absolute Gasteiger partial charge is 0.337 e. The summed E-state index contributed by atoms with van der Waals surface area (Å²) in [6.45, 7) is 0. The van der Waals surface area contributed by atoms with E-state index in [-0.39, 0.29) is 0 Å². The number of nitrogens with one attached hydrogen (secondary N) is 3. The van der Waals surface area contributed by atoms with Crippen LogP contribution in [0.4, 0.5) is 16.2 Å². The number of carbonyl (C=O) groups excluding carboxylic acids is 1. The Morgan fingerprint density at radius 3 is 2.67 bits per heavy atom. The van der Waals surface area contributed by atoms with Crippen LogP contribution in [0.2, 0.25) is 10.0 Å². The number of methoxy groups -OCH3 is 1. The molecule has 0 atom stereocenters. The molecule has 0 aliphatic rings. The number of ether oxygens (including phenoxy) is 1. The van der Waals surface area contributed by atoms with Crippen LogP contribution in [0.15, 0.2) is 42.5 Å². The number of rotatable bonds is 4. The molecule has 0 saturated heterocycles. The largest absolute Gasteiger partial charge is 0.497 e. The quantitative estimate of drug-likeness (QED) is 0.740. The van der Waals surface area contributed by atoms with Crippen molar-refractivity contribution in [3.63, 3.8) is 0 Å². The second-order valence-corrected chi connectivity index (χ2v) is 4.90. The zero-order chi connectivity index (χ0) is 15.2. The fraction of sp³-hybridized carbons (Fsp3) is 0.0714. The Labute approximate surface area is 132 Å². The van der Waals surface area contributed by atoms with E-state index in [4.69, 9.17) is 27.9 Å². The van der Waals surface area contributed by atoms with Crippen molar-refractivity contribution in [1.82, 2.24) is 5.43 Å².